The summed E-state index contributed by atoms with van der Waals surface area (Å²) in [5.41, 5.74) is 1.67. The van der Waals surface area contributed by atoms with Crippen LogP contribution in [0.4, 0.5) is 0 Å². The van der Waals surface area contributed by atoms with Gasteiger partial charge < -0.3 is 24.4 Å². The number of methoxy groups -OCH3 is 3. The van der Waals surface area contributed by atoms with Crippen molar-refractivity contribution in [1.82, 2.24) is 15.2 Å². The fourth-order valence-electron chi connectivity index (χ4n) is 5.15. The lowest BCUT2D eigenvalue weighted by Crippen LogP contribution is -2.37. The van der Waals surface area contributed by atoms with Crippen LogP contribution in [0.15, 0.2) is 36.5 Å². The van der Waals surface area contributed by atoms with E-state index < -0.39 is 5.92 Å². The molecule has 1 aromatic carbocycles. The Morgan fingerprint density at radius 2 is 1.74 bits per heavy atom. The van der Waals surface area contributed by atoms with Gasteiger partial charge in [0.25, 0.3) is 0 Å². The van der Waals surface area contributed by atoms with Gasteiger partial charge in [0.15, 0.2) is 11.5 Å². The molecular weight excluding hydrogens is 434 g/mol. The van der Waals surface area contributed by atoms with E-state index in [0.717, 1.165) is 36.9 Å². The number of rotatable bonds is 8. The van der Waals surface area contributed by atoms with Crippen molar-refractivity contribution in [1.29, 1.82) is 0 Å². The molecule has 2 aliphatic rings. The van der Waals surface area contributed by atoms with E-state index >= 15 is 0 Å². The van der Waals surface area contributed by atoms with Crippen LogP contribution in [0.3, 0.4) is 0 Å². The molecule has 8 nitrogen and oxygen atoms in total. The lowest BCUT2D eigenvalue weighted by Gasteiger charge is -2.21. The monoisotopic (exact) mass is 467 g/mol. The van der Waals surface area contributed by atoms with Crippen LogP contribution < -0.4 is 19.5 Å². The maximum Gasteiger partial charge on any atom is 0.225 e. The van der Waals surface area contributed by atoms with Crippen molar-refractivity contribution >= 4 is 11.8 Å². The molecule has 2 aromatic rings. The molecule has 182 valence electrons. The number of nitrogens with one attached hydrogen (secondary N) is 1. The van der Waals surface area contributed by atoms with Crippen molar-refractivity contribution in [2.24, 2.45) is 11.8 Å². The molecule has 2 atom stereocenters. The quantitative estimate of drug-likeness (QED) is 0.642. The number of aromatic nitrogens is 1. The molecule has 0 radical (unpaired) electrons. The second kappa shape index (κ2) is 10.8. The van der Waals surface area contributed by atoms with E-state index in [4.69, 9.17) is 14.2 Å². The largest absolute Gasteiger partial charge is 0.493 e. The van der Waals surface area contributed by atoms with Crippen LogP contribution >= 0.6 is 0 Å². The number of hydrogen-bond acceptors (Lipinski definition) is 6. The summed E-state index contributed by atoms with van der Waals surface area (Å²) in [7, 11) is 4.71. The molecule has 1 aliphatic carbocycles. The van der Waals surface area contributed by atoms with E-state index in [-0.39, 0.29) is 23.7 Å². The van der Waals surface area contributed by atoms with Gasteiger partial charge in [-0.25, -0.2) is 0 Å². The van der Waals surface area contributed by atoms with E-state index in [1.165, 1.54) is 0 Å². The standard InChI is InChI=1S/C26H33N3O5/c1-32-22-12-18(13-23(33-2)24(22)34-3)20-15-29(26(31)17-8-4-5-9-17)16-21(20)25(30)28-14-19-10-6-7-11-27-19/h6-7,10-13,17,20-21H,4-5,8-9,14-16H2,1-3H3,(H,28,30). The van der Waals surface area contributed by atoms with E-state index in [9.17, 15) is 9.59 Å². The van der Waals surface area contributed by atoms with Gasteiger partial charge >= 0.3 is 0 Å². The predicted molar refractivity (Wildman–Crippen MR) is 127 cm³/mol. The normalized spacial score (nSPS) is 20.3. The summed E-state index contributed by atoms with van der Waals surface area (Å²) < 4.78 is 16.5. The van der Waals surface area contributed by atoms with Crippen molar-refractivity contribution < 1.29 is 23.8 Å². The van der Waals surface area contributed by atoms with Crippen LogP contribution in [-0.2, 0) is 16.1 Å². The van der Waals surface area contributed by atoms with Gasteiger partial charge in [0, 0.05) is 31.1 Å². The molecule has 2 heterocycles. The van der Waals surface area contributed by atoms with Gasteiger partial charge in [0.05, 0.1) is 39.5 Å². The molecule has 1 aliphatic heterocycles. The van der Waals surface area contributed by atoms with Gasteiger partial charge in [-0.2, -0.15) is 0 Å². The molecule has 1 aromatic heterocycles. The SMILES string of the molecule is COc1cc(C2CN(C(=O)C3CCCC3)CC2C(=O)NCc2ccccn2)cc(OC)c1OC. The third-order valence-electron chi connectivity index (χ3n) is 6.96. The Bertz CT molecular complexity index is 982. The van der Waals surface area contributed by atoms with Gasteiger partial charge in [0.1, 0.15) is 0 Å². The number of carbonyl (C=O) groups is 2. The van der Waals surface area contributed by atoms with Crippen LogP contribution in [0.2, 0.25) is 0 Å². The lowest BCUT2D eigenvalue weighted by molar-refractivity contribution is -0.134. The molecule has 1 N–H and O–H groups in total. The third-order valence-corrected chi connectivity index (χ3v) is 6.96. The number of nitrogens with zero attached hydrogens (tertiary/aromatic N) is 2. The summed E-state index contributed by atoms with van der Waals surface area (Å²) in [5.74, 6) is 1.12. The summed E-state index contributed by atoms with van der Waals surface area (Å²) in [5, 5.41) is 3.02. The molecule has 8 heteroatoms. The Morgan fingerprint density at radius 3 is 2.32 bits per heavy atom. The van der Waals surface area contributed by atoms with Gasteiger partial charge in [-0.05, 0) is 42.7 Å². The highest BCUT2D eigenvalue weighted by molar-refractivity contribution is 5.84. The molecule has 34 heavy (non-hydrogen) atoms. The zero-order valence-electron chi connectivity index (χ0n) is 20.1. The molecule has 1 saturated carbocycles. The zero-order chi connectivity index (χ0) is 24.1. The number of pyridine rings is 1. The number of hydrogen-bond donors (Lipinski definition) is 1. The minimum Gasteiger partial charge on any atom is -0.493 e. The van der Waals surface area contributed by atoms with Crippen LogP contribution in [0.5, 0.6) is 17.2 Å². The van der Waals surface area contributed by atoms with Crippen LogP contribution in [0.25, 0.3) is 0 Å². The Morgan fingerprint density at radius 1 is 1.03 bits per heavy atom. The Balaban J connectivity index is 1.61. The summed E-state index contributed by atoms with van der Waals surface area (Å²) >= 11 is 0. The molecular formula is C26H33N3O5. The molecule has 4 rings (SSSR count). The van der Waals surface area contributed by atoms with Crippen molar-refractivity contribution in [2.75, 3.05) is 34.4 Å². The summed E-state index contributed by atoms with van der Waals surface area (Å²) in [6.07, 6.45) is 5.75. The topological polar surface area (TPSA) is 90.0 Å². The number of benzene rings is 1. The van der Waals surface area contributed by atoms with Crippen LogP contribution in [-0.4, -0.2) is 56.1 Å². The lowest BCUT2D eigenvalue weighted by atomic mass is 9.88. The predicted octanol–water partition coefficient (Wildman–Crippen LogP) is 3.16. The second-order valence-electron chi connectivity index (χ2n) is 8.94. The number of amides is 2. The van der Waals surface area contributed by atoms with E-state index in [2.05, 4.69) is 10.3 Å². The van der Waals surface area contributed by atoms with Crippen molar-refractivity contribution in [2.45, 2.75) is 38.1 Å². The first-order valence-electron chi connectivity index (χ1n) is 11.8. The number of ether oxygens (including phenoxy) is 3. The van der Waals surface area contributed by atoms with Gasteiger partial charge in [-0.3, -0.25) is 14.6 Å². The fraction of sp³-hybridized carbons (Fsp3) is 0.500. The molecule has 0 spiro atoms. The third kappa shape index (κ3) is 4.95. The van der Waals surface area contributed by atoms with Gasteiger partial charge in [-0.15, -0.1) is 0 Å². The van der Waals surface area contributed by atoms with E-state index in [1.807, 2.05) is 35.2 Å². The Hall–Kier alpha value is -3.29. The summed E-state index contributed by atoms with van der Waals surface area (Å²) in [6, 6.07) is 9.38. The highest BCUT2D eigenvalue weighted by Crippen LogP contribution is 2.43. The van der Waals surface area contributed by atoms with Crippen molar-refractivity contribution in [3.8, 4) is 17.2 Å². The maximum atomic E-state index is 13.4. The molecule has 2 fully saturated rings. The Kier molecular flexibility index (Phi) is 7.55. The molecule has 1 saturated heterocycles. The first-order chi connectivity index (χ1) is 16.5. The highest BCUT2D eigenvalue weighted by Gasteiger charge is 2.42. The van der Waals surface area contributed by atoms with Crippen molar-refractivity contribution in [3.63, 3.8) is 0 Å². The number of likely N-dealkylation sites (tertiary alicyclic amines) is 1. The first kappa shape index (κ1) is 23.9. The second-order valence-corrected chi connectivity index (χ2v) is 8.94. The smallest absolute Gasteiger partial charge is 0.225 e. The average molecular weight is 468 g/mol. The zero-order valence-corrected chi connectivity index (χ0v) is 20.1. The molecule has 0 bridgehead atoms. The first-order valence-corrected chi connectivity index (χ1v) is 11.8. The minimum absolute atomic E-state index is 0.0657. The average Bonchev–Trinajstić information content (AvgIpc) is 3.57. The Labute approximate surface area is 200 Å². The summed E-state index contributed by atoms with van der Waals surface area (Å²) in [4.78, 5) is 32.8. The summed E-state index contributed by atoms with van der Waals surface area (Å²) in [6.45, 7) is 1.22. The van der Waals surface area contributed by atoms with Crippen LogP contribution in [0, 0.1) is 11.8 Å². The van der Waals surface area contributed by atoms with Gasteiger partial charge in [0.2, 0.25) is 17.6 Å². The highest BCUT2D eigenvalue weighted by atomic mass is 16.5. The minimum atomic E-state index is -0.392. The van der Waals surface area contributed by atoms with E-state index in [1.54, 1.807) is 27.5 Å². The van der Waals surface area contributed by atoms with Crippen molar-refractivity contribution in [3.05, 3.63) is 47.8 Å². The van der Waals surface area contributed by atoms with E-state index in [0.29, 0.717) is 36.9 Å². The maximum absolute atomic E-state index is 13.4. The van der Waals surface area contributed by atoms with Gasteiger partial charge in [-0.1, -0.05) is 18.9 Å². The number of carbonyl (C=O) groups excluding carboxylic acids is 2. The molecule has 2 unspecified atom stereocenters. The molecule has 2 amide bonds. The van der Waals surface area contributed by atoms with Crippen LogP contribution in [0.1, 0.15) is 42.9 Å². The fourth-order valence-corrected chi connectivity index (χ4v) is 5.15.